The van der Waals surface area contributed by atoms with Gasteiger partial charge in [-0.1, -0.05) is 20.8 Å². The van der Waals surface area contributed by atoms with Crippen molar-refractivity contribution in [2.75, 3.05) is 6.61 Å². The summed E-state index contributed by atoms with van der Waals surface area (Å²) in [7, 11) is 0. The van der Waals surface area contributed by atoms with Crippen LogP contribution in [0.25, 0.3) is 0 Å². The maximum absolute atomic E-state index is 12.4. The number of rotatable bonds is 5. The largest absolute Gasteiger partial charge is 0.461 e. The van der Waals surface area contributed by atoms with E-state index in [1.807, 2.05) is 34.6 Å². The van der Waals surface area contributed by atoms with Crippen molar-refractivity contribution in [1.29, 1.82) is 0 Å². The first kappa shape index (κ1) is 21.3. The number of H-pyrrole nitrogens is 1. The molecule has 5 heteroatoms. The van der Waals surface area contributed by atoms with Gasteiger partial charge in [-0.15, -0.1) is 0 Å². The molecule has 1 N–H and O–H groups in total. The molecule has 25 heavy (non-hydrogen) atoms. The van der Waals surface area contributed by atoms with E-state index in [9.17, 15) is 9.59 Å². The third kappa shape index (κ3) is 5.62. The van der Waals surface area contributed by atoms with Crippen molar-refractivity contribution in [3.05, 3.63) is 22.5 Å². The second-order valence-electron chi connectivity index (χ2n) is 8.59. The Labute approximate surface area is 151 Å². The number of aryl methyl sites for hydroxylation is 1. The quantitative estimate of drug-likeness (QED) is 0.783. The number of carbonyl (C=O) groups is 2. The zero-order chi connectivity index (χ0) is 19.6. The molecule has 0 fully saturated rings. The molecule has 0 amide bonds. The van der Waals surface area contributed by atoms with Gasteiger partial charge in [-0.3, -0.25) is 4.79 Å². The lowest BCUT2D eigenvalue weighted by molar-refractivity contribution is -0.156. The molecule has 0 spiro atoms. The smallest absolute Gasteiger partial charge is 0.355 e. The molecule has 142 valence electrons. The van der Waals surface area contributed by atoms with Crippen LogP contribution in [0.5, 0.6) is 0 Å². The summed E-state index contributed by atoms with van der Waals surface area (Å²) in [5, 5.41) is 0. The lowest BCUT2D eigenvalue weighted by Gasteiger charge is -2.32. The Kier molecular flexibility index (Phi) is 6.49. The van der Waals surface area contributed by atoms with Crippen molar-refractivity contribution in [3.8, 4) is 0 Å². The Hall–Kier alpha value is -1.78. The van der Waals surface area contributed by atoms with Crippen molar-refractivity contribution >= 4 is 11.9 Å². The number of hydrogen-bond donors (Lipinski definition) is 1. The van der Waals surface area contributed by atoms with Crippen LogP contribution in [0, 0.1) is 19.3 Å². The molecule has 0 aliphatic rings. The van der Waals surface area contributed by atoms with Gasteiger partial charge in [0.25, 0.3) is 0 Å². The van der Waals surface area contributed by atoms with Crippen molar-refractivity contribution in [2.45, 2.75) is 80.3 Å². The van der Waals surface area contributed by atoms with Crippen molar-refractivity contribution < 1.29 is 19.1 Å². The van der Waals surface area contributed by atoms with Gasteiger partial charge in [-0.25, -0.2) is 4.79 Å². The summed E-state index contributed by atoms with van der Waals surface area (Å²) >= 11 is 0. The Balaban J connectivity index is 3.25. The zero-order valence-corrected chi connectivity index (χ0v) is 17.1. The van der Waals surface area contributed by atoms with Crippen molar-refractivity contribution in [3.63, 3.8) is 0 Å². The summed E-state index contributed by atoms with van der Waals surface area (Å²) in [6, 6.07) is 0. The number of carbonyl (C=O) groups excluding carboxylic acids is 2. The van der Waals surface area contributed by atoms with Gasteiger partial charge in [0.05, 0.1) is 13.0 Å². The van der Waals surface area contributed by atoms with E-state index >= 15 is 0 Å². The van der Waals surface area contributed by atoms with Crippen LogP contribution < -0.4 is 0 Å². The van der Waals surface area contributed by atoms with Gasteiger partial charge in [0, 0.05) is 11.6 Å². The molecule has 0 saturated carbocycles. The van der Waals surface area contributed by atoms with Crippen LogP contribution in [0.1, 0.15) is 88.1 Å². The van der Waals surface area contributed by atoms with Gasteiger partial charge in [0.1, 0.15) is 11.3 Å². The van der Waals surface area contributed by atoms with Crippen LogP contribution in [0.2, 0.25) is 0 Å². The minimum Gasteiger partial charge on any atom is -0.461 e. The first-order valence-electron chi connectivity index (χ1n) is 8.86. The number of aromatic amines is 1. The average molecular weight is 351 g/mol. The highest BCUT2D eigenvalue weighted by atomic mass is 16.6. The maximum Gasteiger partial charge on any atom is 0.355 e. The van der Waals surface area contributed by atoms with Gasteiger partial charge in [0.15, 0.2) is 0 Å². The Morgan fingerprint density at radius 1 is 1.08 bits per heavy atom. The van der Waals surface area contributed by atoms with E-state index in [2.05, 4.69) is 25.8 Å². The Bertz CT molecular complexity index is 629. The van der Waals surface area contributed by atoms with Gasteiger partial charge in [0.2, 0.25) is 0 Å². The molecular formula is C20H33NO4. The van der Waals surface area contributed by atoms with E-state index in [4.69, 9.17) is 9.47 Å². The molecule has 1 aromatic rings. The predicted molar refractivity (Wildman–Crippen MR) is 98.9 cm³/mol. The van der Waals surface area contributed by atoms with E-state index < -0.39 is 5.60 Å². The Morgan fingerprint density at radius 3 is 2.08 bits per heavy atom. The highest BCUT2D eigenvalue weighted by molar-refractivity contribution is 5.90. The molecular weight excluding hydrogens is 318 g/mol. The topological polar surface area (TPSA) is 68.4 Å². The van der Waals surface area contributed by atoms with Crippen LogP contribution >= 0.6 is 0 Å². The van der Waals surface area contributed by atoms with E-state index in [0.29, 0.717) is 12.3 Å². The highest BCUT2D eigenvalue weighted by Gasteiger charge is 2.34. The summed E-state index contributed by atoms with van der Waals surface area (Å²) in [5.74, 6) is -0.661. The van der Waals surface area contributed by atoms with Crippen LogP contribution in [-0.4, -0.2) is 29.1 Å². The van der Waals surface area contributed by atoms with Crippen LogP contribution in [0.3, 0.4) is 0 Å². The number of esters is 2. The summed E-state index contributed by atoms with van der Waals surface area (Å²) in [5.41, 5.74) is 2.52. The summed E-state index contributed by atoms with van der Waals surface area (Å²) in [6.45, 7) is 17.8. The molecule has 1 atom stereocenters. The average Bonchev–Trinajstić information content (AvgIpc) is 2.69. The number of hydrogen-bond acceptors (Lipinski definition) is 4. The molecule has 1 heterocycles. The summed E-state index contributed by atoms with van der Waals surface area (Å²) in [4.78, 5) is 27.7. The second kappa shape index (κ2) is 7.63. The summed E-state index contributed by atoms with van der Waals surface area (Å²) < 4.78 is 10.6. The number of ether oxygens (including phenoxy) is 2. The van der Waals surface area contributed by atoms with E-state index in [1.165, 1.54) is 0 Å². The van der Waals surface area contributed by atoms with Crippen LogP contribution in [0.15, 0.2) is 0 Å². The van der Waals surface area contributed by atoms with Crippen LogP contribution in [-0.2, 0) is 14.3 Å². The van der Waals surface area contributed by atoms with E-state index in [0.717, 1.165) is 16.8 Å². The fraction of sp³-hybridized carbons (Fsp3) is 0.700. The molecule has 1 rings (SSSR count). The first-order valence-corrected chi connectivity index (χ1v) is 8.86. The Morgan fingerprint density at radius 2 is 1.64 bits per heavy atom. The van der Waals surface area contributed by atoms with E-state index in [1.54, 1.807) is 6.92 Å². The number of aromatic nitrogens is 1. The van der Waals surface area contributed by atoms with Gasteiger partial charge in [-0.2, -0.15) is 0 Å². The van der Waals surface area contributed by atoms with Gasteiger partial charge < -0.3 is 14.5 Å². The molecule has 0 bridgehead atoms. The molecule has 5 nitrogen and oxygen atoms in total. The van der Waals surface area contributed by atoms with Crippen LogP contribution in [0.4, 0.5) is 0 Å². The molecule has 1 aromatic heterocycles. The standard InChI is InChI=1S/C20H33NO4/c1-10-24-18(23)17-12(2)16(13(3)21-17)14(19(4,5)6)11-15(22)25-20(7,8)9/h14,21H,10-11H2,1-9H3/t14-/m0/s1. The lowest BCUT2D eigenvalue weighted by Crippen LogP contribution is -2.28. The fourth-order valence-corrected chi connectivity index (χ4v) is 3.09. The fourth-order valence-electron chi connectivity index (χ4n) is 3.09. The summed E-state index contributed by atoms with van der Waals surface area (Å²) in [6.07, 6.45) is 0.266. The lowest BCUT2D eigenvalue weighted by atomic mass is 9.73. The zero-order valence-electron chi connectivity index (χ0n) is 17.1. The SMILES string of the molecule is CCOC(=O)c1[nH]c(C)c([C@H](CC(=O)OC(C)(C)C)C(C)(C)C)c1C. The second-order valence-corrected chi connectivity index (χ2v) is 8.59. The van der Waals surface area contributed by atoms with Gasteiger partial charge in [-0.05, 0) is 58.1 Å². The first-order chi connectivity index (χ1) is 11.3. The molecule has 0 aromatic carbocycles. The monoisotopic (exact) mass is 351 g/mol. The molecule has 0 saturated heterocycles. The normalized spacial score (nSPS) is 13.5. The highest BCUT2D eigenvalue weighted by Crippen LogP contribution is 2.42. The van der Waals surface area contributed by atoms with Crippen molar-refractivity contribution in [1.82, 2.24) is 4.98 Å². The van der Waals surface area contributed by atoms with E-state index in [-0.39, 0.29) is 29.7 Å². The molecule has 0 radical (unpaired) electrons. The van der Waals surface area contributed by atoms with Gasteiger partial charge >= 0.3 is 11.9 Å². The molecule has 0 aliphatic heterocycles. The predicted octanol–water partition coefficient (Wildman–Crippen LogP) is 4.67. The maximum atomic E-state index is 12.4. The third-order valence-electron chi connectivity index (χ3n) is 4.16. The molecule has 0 unspecified atom stereocenters. The van der Waals surface area contributed by atoms with Crippen molar-refractivity contribution in [2.24, 2.45) is 5.41 Å². The molecule has 0 aliphatic carbocycles. The third-order valence-corrected chi connectivity index (χ3v) is 4.16. The number of nitrogens with one attached hydrogen (secondary N) is 1. The minimum atomic E-state index is -0.516. The minimum absolute atomic E-state index is 0.0678.